The van der Waals surface area contributed by atoms with Crippen molar-refractivity contribution in [2.24, 2.45) is 11.3 Å². The molecule has 1 amide bonds. The van der Waals surface area contributed by atoms with Crippen molar-refractivity contribution in [3.8, 4) is 0 Å². The fraction of sp³-hybridized carbons (Fsp3) is 0.682. The van der Waals surface area contributed by atoms with Crippen LogP contribution in [0.25, 0.3) is 0 Å². The first-order valence-electron chi connectivity index (χ1n) is 10.6. The van der Waals surface area contributed by atoms with Crippen LogP contribution in [0.1, 0.15) is 63.5 Å². The molecule has 3 aliphatic rings. The van der Waals surface area contributed by atoms with Gasteiger partial charge in [0.25, 0.3) is 0 Å². The van der Waals surface area contributed by atoms with Gasteiger partial charge in [-0.3, -0.25) is 4.79 Å². The van der Waals surface area contributed by atoms with Crippen molar-refractivity contribution in [2.45, 2.75) is 74.9 Å². The number of benzene rings is 1. The van der Waals surface area contributed by atoms with Crippen molar-refractivity contribution >= 4 is 29.3 Å². The highest BCUT2D eigenvalue weighted by atomic mass is 35.5. The van der Waals surface area contributed by atoms with Crippen molar-refractivity contribution in [1.29, 1.82) is 0 Å². The maximum Gasteiger partial charge on any atom is 0.223 e. The summed E-state index contributed by atoms with van der Waals surface area (Å²) < 4.78 is 44.7. The van der Waals surface area contributed by atoms with Crippen LogP contribution < -0.4 is 5.32 Å². The molecule has 0 aromatic heterocycles. The van der Waals surface area contributed by atoms with Crippen LogP contribution in [0.2, 0.25) is 5.02 Å². The van der Waals surface area contributed by atoms with E-state index in [9.17, 15) is 23.1 Å². The smallest absolute Gasteiger partial charge is 0.223 e. The number of aliphatic hydroxyl groups excluding tert-OH is 1. The topological polar surface area (TPSA) is 49.3 Å². The minimum absolute atomic E-state index is 0.0292. The van der Waals surface area contributed by atoms with Crippen LogP contribution in [-0.4, -0.2) is 33.8 Å². The summed E-state index contributed by atoms with van der Waals surface area (Å²) in [5.74, 6) is -1.63. The first-order valence-corrected chi connectivity index (χ1v) is 12.0. The highest BCUT2D eigenvalue weighted by Crippen LogP contribution is 2.63. The second-order valence-corrected chi connectivity index (χ2v) is 11.0. The fourth-order valence-electron chi connectivity index (χ4n) is 5.75. The average molecular weight is 462 g/mol. The lowest BCUT2D eigenvalue weighted by Gasteiger charge is -2.37. The Labute approximate surface area is 184 Å². The van der Waals surface area contributed by atoms with Gasteiger partial charge in [-0.05, 0) is 68.2 Å². The number of aliphatic hydroxyl groups is 1. The first-order chi connectivity index (χ1) is 14.2. The molecule has 0 spiro atoms. The van der Waals surface area contributed by atoms with E-state index >= 15 is 0 Å². The van der Waals surface area contributed by atoms with Gasteiger partial charge in [-0.1, -0.05) is 18.5 Å². The quantitative estimate of drug-likeness (QED) is 0.562. The Hall–Kier alpha value is -0.920. The molecule has 1 aromatic rings. The van der Waals surface area contributed by atoms with Gasteiger partial charge in [0, 0.05) is 16.7 Å². The first kappa shape index (κ1) is 22.3. The van der Waals surface area contributed by atoms with E-state index in [1.165, 1.54) is 0 Å². The van der Waals surface area contributed by atoms with E-state index in [2.05, 4.69) is 5.32 Å². The van der Waals surface area contributed by atoms with E-state index in [0.717, 1.165) is 17.9 Å². The highest BCUT2D eigenvalue weighted by molar-refractivity contribution is 7.99. The van der Waals surface area contributed by atoms with Crippen LogP contribution in [0.3, 0.4) is 0 Å². The summed E-state index contributed by atoms with van der Waals surface area (Å²) >= 11 is 7.54. The van der Waals surface area contributed by atoms with Crippen LogP contribution in [-0.2, 0) is 4.79 Å². The molecule has 166 valence electrons. The van der Waals surface area contributed by atoms with Crippen LogP contribution in [0.5, 0.6) is 0 Å². The summed E-state index contributed by atoms with van der Waals surface area (Å²) in [4.78, 5) is 13.1. The van der Waals surface area contributed by atoms with Gasteiger partial charge >= 0.3 is 0 Å². The Balaban J connectivity index is 1.65. The van der Waals surface area contributed by atoms with Crippen molar-refractivity contribution in [3.63, 3.8) is 0 Å². The molecular formula is C22H27ClF3NO2S. The molecule has 0 heterocycles. The molecule has 0 unspecified atom stereocenters. The molecule has 30 heavy (non-hydrogen) atoms. The van der Waals surface area contributed by atoms with E-state index in [1.54, 1.807) is 11.8 Å². The van der Waals surface area contributed by atoms with Crippen LogP contribution >= 0.6 is 23.4 Å². The summed E-state index contributed by atoms with van der Waals surface area (Å²) in [5, 5.41) is 12.9. The lowest BCUT2D eigenvalue weighted by atomic mass is 9.74. The van der Waals surface area contributed by atoms with Crippen molar-refractivity contribution in [2.75, 3.05) is 5.75 Å². The summed E-state index contributed by atoms with van der Waals surface area (Å²) in [7, 11) is 0. The third kappa shape index (κ3) is 3.86. The normalized spacial score (nSPS) is 36.3. The SMILES string of the molecule is CCS[C@@H]1C[C@H](C(=O)N[C@H](c2c(F)ccc(Cl)c2F)C23CCC(F)(CC2)C3)C[C@@H]1O. The maximum absolute atomic E-state index is 15.0. The zero-order valence-electron chi connectivity index (χ0n) is 16.9. The second kappa shape index (κ2) is 8.21. The summed E-state index contributed by atoms with van der Waals surface area (Å²) in [6, 6.07) is 1.25. The molecule has 3 fully saturated rings. The van der Waals surface area contributed by atoms with Gasteiger partial charge in [-0.15, -0.1) is 0 Å². The van der Waals surface area contributed by atoms with Gasteiger partial charge in [0.1, 0.15) is 17.3 Å². The molecule has 2 N–H and O–H groups in total. The summed E-state index contributed by atoms with van der Waals surface area (Å²) in [6.45, 7) is 1.99. The molecule has 8 heteroatoms. The van der Waals surface area contributed by atoms with E-state index in [0.29, 0.717) is 38.5 Å². The number of amides is 1. The predicted molar refractivity (Wildman–Crippen MR) is 112 cm³/mol. The largest absolute Gasteiger partial charge is 0.392 e. The number of nitrogens with one attached hydrogen (secondary N) is 1. The Bertz CT molecular complexity index is 831. The van der Waals surface area contributed by atoms with Gasteiger partial charge < -0.3 is 10.4 Å². The molecule has 4 rings (SSSR count). The molecule has 0 aliphatic heterocycles. The third-order valence-corrected chi connectivity index (χ3v) is 8.86. The molecule has 4 atom stereocenters. The number of alkyl halides is 1. The third-order valence-electron chi connectivity index (χ3n) is 7.30. The zero-order chi connectivity index (χ0) is 21.7. The van der Waals surface area contributed by atoms with Crippen LogP contribution in [0, 0.1) is 23.0 Å². The zero-order valence-corrected chi connectivity index (χ0v) is 18.5. The van der Waals surface area contributed by atoms with Gasteiger partial charge in [0.05, 0.1) is 17.2 Å². The van der Waals surface area contributed by atoms with Crippen LogP contribution in [0.15, 0.2) is 12.1 Å². The van der Waals surface area contributed by atoms with Gasteiger partial charge in [0.2, 0.25) is 5.91 Å². The molecular weight excluding hydrogens is 435 g/mol. The fourth-order valence-corrected chi connectivity index (χ4v) is 7.05. The molecule has 3 nitrogen and oxygen atoms in total. The standard InChI is InChI=1S/C22H27ClF3NO2S/c1-2-30-16-10-12(9-15(16)28)20(29)27-19(17-14(24)4-3-13(23)18(17)25)21-5-7-22(26,11-21)8-6-21/h3-4,12,15-16,19,28H,2,5-11H2,1H3,(H,27,29)/t12-,15+,16-,19-,21?,22?/m1/s1. The molecule has 0 saturated heterocycles. The van der Waals surface area contributed by atoms with E-state index in [4.69, 9.17) is 11.6 Å². The number of hydrogen-bond acceptors (Lipinski definition) is 3. The molecule has 3 aliphatic carbocycles. The number of fused-ring (bicyclic) bond motifs is 2. The minimum atomic E-state index is -1.33. The minimum Gasteiger partial charge on any atom is -0.392 e. The number of hydrogen-bond donors (Lipinski definition) is 2. The van der Waals surface area contributed by atoms with E-state index in [1.807, 2.05) is 6.92 Å². The lowest BCUT2D eigenvalue weighted by molar-refractivity contribution is -0.127. The van der Waals surface area contributed by atoms with Crippen molar-refractivity contribution < 1.29 is 23.1 Å². The average Bonchev–Trinajstić information content (AvgIpc) is 3.36. The monoisotopic (exact) mass is 461 g/mol. The molecule has 0 radical (unpaired) electrons. The predicted octanol–water partition coefficient (Wildman–Crippen LogP) is 5.34. The number of halogens is 4. The van der Waals surface area contributed by atoms with Crippen LogP contribution in [0.4, 0.5) is 13.2 Å². The molecule has 3 saturated carbocycles. The second-order valence-electron chi connectivity index (χ2n) is 9.12. The van der Waals surface area contributed by atoms with Gasteiger partial charge in [-0.25, -0.2) is 13.2 Å². The molecule has 2 bridgehead atoms. The van der Waals surface area contributed by atoms with E-state index in [-0.39, 0.29) is 28.2 Å². The van der Waals surface area contributed by atoms with Crippen molar-refractivity contribution in [3.05, 3.63) is 34.4 Å². The Kier molecular flexibility index (Phi) is 6.10. The number of carbonyl (C=O) groups is 1. The number of carbonyl (C=O) groups excluding carboxylic acids is 1. The van der Waals surface area contributed by atoms with Gasteiger partial charge in [-0.2, -0.15) is 11.8 Å². The summed E-state index contributed by atoms with van der Waals surface area (Å²) in [6.07, 6.45) is 2.01. The van der Waals surface area contributed by atoms with Gasteiger partial charge in [0.15, 0.2) is 0 Å². The summed E-state index contributed by atoms with van der Waals surface area (Å²) in [5.41, 5.74) is -2.34. The lowest BCUT2D eigenvalue weighted by Crippen LogP contribution is -2.42. The maximum atomic E-state index is 15.0. The Morgan fingerprint density at radius 1 is 1.30 bits per heavy atom. The number of thioether (sulfide) groups is 1. The Morgan fingerprint density at radius 2 is 2.00 bits per heavy atom. The Morgan fingerprint density at radius 3 is 2.60 bits per heavy atom. The highest BCUT2D eigenvalue weighted by Gasteiger charge is 2.59. The number of rotatable bonds is 6. The van der Waals surface area contributed by atoms with Crippen molar-refractivity contribution in [1.82, 2.24) is 5.32 Å². The molecule has 1 aromatic carbocycles. The van der Waals surface area contributed by atoms with E-state index < -0.39 is 40.8 Å².